The second-order valence-electron chi connectivity index (χ2n) is 5.26. The summed E-state index contributed by atoms with van der Waals surface area (Å²) in [6.07, 6.45) is 0.243. The number of ether oxygens (including phenoxy) is 1. The molecular weight excluding hydrogens is 371 g/mol. The second kappa shape index (κ2) is 6.14. The van der Waals surface area contributed by atoms with Crippen LogP contribution in [0.4, 0.5) is 11.4 Å². The smallest absolute Gasteiger partial charge is 0.315 e. The molecule has 1 aliphatic carbocycles. The first-order valence-electron chi connectivity index (χ1n) is 6.36. The predicted molar refractivity (Wildman–Crippen MR) is 84.9 cm³/mol. The number of benzene rings is 1. The summed E-state index contributed by atoms with van der Waals surface area (Å²) in [6.45, 7) is 0.977. The Morgan fingerprint density at radius 1 is 1.43 bits per heavy atom. The van der Waals surface area contributed by atoms with Gasteiger partial charge in [0.2, 0.25) is 0 Å². The van der Waals surface area contributed by atoms with Gasteiger partial charge < -0.3 is 10.1 Å². The van der Waals surface area contributed by atoms with E-state index in [1.165, 1.54) is 19.1 Å². The number of carbonyl (C=O) groups excluding carboxylic acids is 2. The lowest BCUT2D eigenvalue weighted by atomic mass is 10.1. The Labute approximate surface area is 146 Å². The molecule has 0 bridgehead atoms. The number of alkyl halides is 2. The molecule has 0 aliphatic heterocycles. The lowest BCUT2D eigenvalue weighted by Gasteiger charge is -2.11. The van der Waals surface area contributed by atoms with Crippen LogP contribution in [0.5, 0.6) is 0 Å². The number of hydrogen-bond donors (Lipinski definition) is 1. The number of hydrogen-bond acceptors (Lipinski definition) is 5. The number of nitro groups is 1. The molecule has 1 aliphatic rings. The number of nitro benzene ring substituents is 1. The molecule has 1 fully saturated rings. The molecule has 1 aromatic rings. The van der Waals surface area contributed by atoms with Gasteiger partial charge in [-0.15, -0.1) is 23.2 Å². The molecule has 1 N–H and O–H groups in total. The Hall–Kier alpha value is -1.57. The maximum atomic E-state index is 11.8. The highest BCUT2D eigenvalue weighted by Crippen LogP contribution is 2.64. The lowest BCUT2D eigenvalue weighted by molar-refractivity contribution is -0.384. The first-order chi connectivity index (χ1) is 10.6. The van der Waals surface area contributed by atoms with Crippen LogP contribution in [0.15, 0.2) is 18.2 Å². The molecule has 1 aromatic carbocycles. The summed E-state index contributed by atoms with van der Waals surface area (Å²) in [5, 5.41) is 13.1. The molecule has 0 aromatic heterocycles. The van der Waals surface area contributed by atoms with Gasteiger partial charge in [-0.05, 0) is 19.1 Å². The third-order valence-corrected chi connectivity index (χ3v) is 4.89. The predicted octanol–water partition coefficient (Wildman–Crippen LogP) is 3.31. The van der Waals surface area contributed by atoms with E-state index in [1.54, 1.807) is 0 Å². The van der Waals surface area contributed by atoms with Crippen LogP contribution in [0.2, 0.25) is 5.02 Å². The monoisotopic (exact) mass is 380 g/mol. The fraction of sp³-hybridized carbons (Fsp3) is 0.385. The molecule has 7 nitrogen and oxygen atoms in total. The summed E-state index contributed by atoms with van der Waals surface area (Å²) >= 11 is 17.3. The molecule has 1 unspecified atom stereocenters. The van der Waals surface area contributed by atoms with Gasteiger partial charge in [-0.3, -0.25) is 19.7 Å². The summed E-state index contributed by atoms with van der Waals surface area (Å²) < 4.78 is 3.68. The minimum atomic E-state index is -1.18. The quantitative estimate of drug-likeness (QED) is 0.365. The molecule has 124 valence electrons. The average Bonchev–Trinajstić information content (AvgIpc) is 2.98. The molecule has 0 heterocycles. The molecule has 23 heavy (non-hydrogen) atoms. The zero-order valence-electron chi connectivity index (χ0n) is 11.8. The van der Waals surface area contributed by atoms with E-state index in [9.17, 15) is 19.7 Å². The van der Waals surface area contributed by atoms with Gasteiger partial charge in [-0.2, -0.15) is 0 Å². The molecule has 0 radical (unpaired) electrons. The SMILES string of the molecule is CC1(C(=O)OCC(=O)Nc2ccc(Cl)c([N+](=O)[O-])c2)CC1(Cl)Cl. The average molecular weight is 382 g/mol. The van der Waals surface area contributed by atoms with Crippen molar-refractivity contribution in [3.63, 3.8) is 0 Å². The fourth-order valence-electron chi connectivity index (χ4n) is 1.84. The van der Waals surface area contributed by atoms with E-state index in [0.29, 0.717) is 0 Å². The summed E-state index contributed by atoms with van der Waals surface area (Å²) in [5.41, 5.74) is -1.22. The highest BCUT2D eigenvalue weighted by Gasteiger charge is 2.69. The third-order valence-electron chi connectivity index (χ3n) is 3.47. The molecule has 0 spiro atoms. The minimum absolute atomic E-state index is 0.0540. The number of nitrogens with zero attached hydrogens (tertiary/aromatic N) is 1. The summed E-state index contributed by atoms with van der Waals surface area (Å²) in [4.78, 5) is 33.6. The fourth-order valence-corrected chi connectivity index (χ4v) is 2.71. The minimum Gasteiger partial charge on any atom is -0.455 e. The highest BCUT2D eigenvalue weighted by atomic mass is 35.5. The number of carbonyl (C=O) groups is 2. The number of halogens is 3. The standard InChI is InChI=1S/C13H11Cl3N2O5/c1-12(6-13(12,15)16)11(20)23-5-10(19)17-7-2-3-8(14)9(4-7)18(21)22/h2-4H,5-6H2,1H3,(H,17,19). The van der Waals surface area contributed by atoms with Crippen molar-refractivity contribution in [1.29, 1.82) is 0 Å². The van der Waals surface area contributed by atoms with Crippen LogP contribution in [0.25, 0.3) is 0 Å². The van der Waals surface area contributed by atoms with E-state index >= 15 is 0 Å². The Bertz CT molecular complexity index is 694. The van der Waals surface area contributed by atoms with Crippen molar-refractivity contribution < 1.29 is 19.2 Å². The Morgan fingerprint density at radius 2 is 2.04 bits per heavy atom. The van der Waals surface area contributed by atoms with Crippen molar-refractivity contribution in [3.05, 3.63) is 33.3 Å². The van der Waals surface area contributed by atoms with Gasteiger partial charge in [0, 0.05) is 18.2 Å². The van der Waals surface area contributed by atoms with Gasteiger partial charge in [0.25, 0.3) is 11.6 Å². The van der Waals surface area contributed by atoms with Crippen LogP contribution in [0.1, 0.15) is 13.3 Å². The summed E-state index contributed by atoms with van der Waals surface area (Å²) in [6, 6.07) is 3.77. The Kier molecular flexibility index (Phi) is 4.75. The molecule has 1 saturated carbocycles. The second-order valence-corrected chi connectivity index (χ2v) is 7.15. The van der Waals surface area contributed by atoms with E-state index in [0.717, 1.165) is 6.07 Å². The van der Waals surface area contributed by atoms with Crippen LogP contribution in [0, 0.1) is 15.5 Å². The van der Waals surface area contributed by atoms with E-state index < -0.39 is 33.2 Å². The first-order valence-corrected chi connectivity index (χ1v) is 7.49. The number of nitrogens with one attached hydrogen (secondary N) is 1. The number of rotatable bonds is 5. The molecule has 1 amide bonds. The van der Waals surface area contributed by atoms with E-state index in [2.05, 4.69) is 5.32 Å². The third kappa shape index (κ3) is 3.68. The van der Waals surface area contributed by atoms with E-state index in [1.807, 2.05) is 0 Å². The van der Waals surface area contributed by atoms with E-state index in [-0.39, 0.29) is 22.8 Å². The van der Waals surface area contributed by atoms with Gasteiger partial charge in [-0.25, -0.2) is 0 Å². The van der Waals surface area contributed by atoms with Crippen LogP contribution in [-0.4, -0.2) is 27.7 Å². The van der Waals surface area contributed by atoms with Crippen molar-refractivity contribution in [2.75, 3.05) is 11.9 Å². The molecule has 2 rings (SSSR count). The van der Waals surface area contributed by atoms with Crippen molar-refractivity contribution >= 4 is 58.1 Å². The Balaban J connectivity index is 1.92. The van der Waals surface area contributed by atoms with Crippen molar-refractivity contribution in [3.8, 4) is 0 Å². The van der Waals surface area contributed by atoms with Crippen LogP contribution in [0.3, 0.4) is 0 Å². The zero-order valence-corrected chi connectivity index (χ0v) is 14.0. The molecular formula is C13H11Cl3N2O5. The Morgan fingerprint density at radius 3 is 2.57 bits per heavy atom. The van der Waals surface area contributed by atoms with Crippen LogP contribution in [-0.2, 0) is 14.3 Å². The largest absolute Gasteiger partial charge is 0.455 e. The first kappa shape index (κ1) is 17.8. The van der Waals surface area contributed by atoms with Gasteiger partial charge in [0.1, 0.15) is 14.8 Å². The topological polar surface area (TPSA) is 98.5 Å². The maximum absolute atomic E-state index is 11.8. The normalized spacial score (nSPS) is 21.4. The zero-order chi connectivity index (χ0) is 17.4. The molecule has 0 saturated heterocycles. The van der Waals surface area contributed by atoms with Crippen molar-refractivity contribution in [1.82, 2.24) is 0 Å². The number of anilines is 1. The van der Waals surface area contributed by atoms with Crippen molar-refractivity contribution in [2.45, 2.75) is 17.7 Å². The van der Waals surface area contributed by atoms with Crippen LogP contribution < -0.4 is 5.32 Å². The van der Waals surface area contributed by atoms with Gasteiger partial charge >= 0.3 is 5.97 Å². The van der Waals surface area contributed by atoms with Crippen molar-refractivity contribution in [2.24, 2.45) is 5.41 Å². The molecule has 10 heteroatoms. The van der Waals surface area contributed by atoms with Gasteiger partial charge in [0.15, 0.2) is 6.61 Å². The van der Waals surface area contributed by atoms with Gasteiger partial charge in [-0.1, -0.05) is 11.6 Å². The molecule has 1 atom stereocenters. The maximum Gasteiger partial charge on any atom is 0.315 e. The number of amides is 1. The van der Waals surface area contributed by atoms with E-state index in [4.69, 9.17) is 39.5 Å². The number of esters is 1. The van der Waals surface area contributed by atoms with Gasteiger partial charge in [0.05, 0.1) is 4.92 Å². The summed E-state index contributed by atoms with van der Waals surface area (Å²) in [7, 11) is 0. The highest BCUT2D eigenvalue weighted by molar-refractivity contribution is 6.53. The van der Waals surface area contributed by atoms with Crippen LogP contribution >= 0.6 is 34.8 Å². The summed E-state index contributed by atoms with van der Waals surface area (Å²) in [5.74, 6) is -1.34. The lowest BCUT2D eigenvalue weighted by Crippen LogP contribution is -2.26.